The third-order valence-electron chi connectivity index (χ3n) is 7.82. The van der Waals surface area contributed by atoms with Crippen LogP contribution in [0.3, 0.4) is 0 Å². The number of aliphatic carboxylic acids is 3. The molecule has 0 aliphatic heterocycles. The van der Waals surface area contributed by atoms with Crippen LogP contribution in [0.25, 0.3) is 0 Å². The summed E-state index contributed by atoms with van der Waals surface area (Å²) in [5, 5.41) is 41.8. The summed E-state index contributed by atoms with van der Waals surface area (Å²) in [5.41, 5.74) is -1.53. The Morgan fingerprint density at radius 3 is 1.67 bits per heavy atom. The highest BCUT2D eigenvalue weighted by atomic mass is 32.2. The molecule has 0 aromatic rings. The topological polar surface area (TPSA) is 359 Å². The van der Waals surface area contributed by atoms with Crippen LogP contribution in [-0.2, 0) is 62.7 Å². The molecule has 0 spiro atoms. The molecule has 24 heteroatoms. The Labute approximate surface area is 336 Å². The molecule has 23 nitrogen and oxygen atoms in total. The van der Waals surface area contributed by atoms with Gasteiger partial charge in [0.1, 0.15) is 30.5 Å². The van der Waals surface area contributed by atoms with Crippen LogP contribution in [0.15, 0.2) is 0 Å². The van der Waals surface area contributed by atoms with Gasteiger partial charge in [-0.25, -0.2) is 9.59 Å². The molecule has 0 aromatic heterocycles. The zero-order chi connectivity index (χ0) is 44.7. The molecule has 0 fully saturated rings. The molecule has 0 bridgehead atoms. The molecule has 0 aliphatic rings. The minimum Gasteiger partial charge on any atom is -0.481 e. The van der Waals surface area contributed by atoms with Crippen LogP contribution in [0.2, 0.25) is 0 Å². The highest BCUT2D eigenvalue weighted by Crippen LogP contribution is 2.38. The van der Waals surface area contributed by atoms with E-state index in [0.29, 0.717) is 6.54 Å². The normalized spacial score (nSPS) is 13.2. The number of carboxylic acid groups (broad SMARTS) is 3. The van der Waals surface area contributed by atoms with E-state index < -0.39 is 118 Å². The number of likely N-dealkylation sites (N-methyl/N-ethyl adjacent to an activating group) is 1. The maximum absolute atomic E-state index is 12.9. The number of carboxylic acids is 3. The van der Waals surface area contributed by atoms with E-state index in [0.717, 1.165) is 0 Å². The second-order valence-electron chi connectivity index (χ2n) is 14.8. The van der Waals surface area contributed by atoms with Gasteiger partial charge in [-0.3, -0.25) is 38.1 Å². The van der Waals surface area contributed by atoms with E-state index in [1.165, 1.54) is 0 Å². The van der Waals surface area contributed by atoms with Crippen molar-refractivity contribution in [3.05, 3.63) is 0 Å². The summed E-state index contributed by atoms with van der Waals surface area (Å²) in [5.74, 6) is -9.74. The number of ether oxygens (including phenoxy) is 2. The van der Waals surface area contributed by atoms with Gasteiger partial charge in [-0.05, 0) is 37.0 Å². The first-order valence-electron chi connectivity index (χ1n) is 18.2. The zero-order valence-corrected chi connectivity index (χ0v) is 34.2. The van der Waals surface area contributed by atoms with Crippen molar-refractivity contribution in [2.75, 3.05) is 51.8 Å². The summed E-state index contributed by atoms with van der Waals surface area (Å²) in [6.07, 6.45) is -1.57. The molecular formula is C34H58N6O17S. The number of rotatable bonds is 31. The van der Waals surface area contributed by atoms with E-state index in [1.54, 1.807) is 34.6 Å². The Morgan fingerprint density at radius 2 is 1.14 bits per heavy atom. The third-order valence-corrected chi connectivity index (χ3v) is 8.57. The fourth-order valence-corrected chi connectivity index (χ4v) is 6.40. The fraction of sp³-hybridized carbons (Fsp3) is 0.735. The average molecular weight is 855 g/mol. The van der Waals surface area contributed by atoms with E-state index in [1.807, 2.05) is 0 Å². The molecule has 3 atom stereocenters. The van der Waals surface area contributed by atoms with Gasteiger partial charge in [0.15, 0.2) is 0 Å². The molecule has 0 saturated heterocycles. The first-order chi connectivity index (χ1) is 26.8. The maximum Gasteiger partial charge on any atom is 0.326 e. The maximum atomic E-state index is 12.9. The summed E-state index contributed by atoms with van der Waals surface area (Å²) in [6, 6.07) is -4.99. The zero-order valence-electron chi connectivity index (χ0n) is 33.3. The van der Waals surface area contributed by atoms with Crippen LogP contribution in [0.1, 0.15) is 79.6 Å². The van der Waals surface area contributed by atoms with Crippen LogP contribution in [-0.4, -0.2) is 152 Å². The van der Waals surface area contributed by atoms with Gasteiger partial charge in [-0.1, -0.05) is 27.7 Å². The van der Waals surface area contributed by atoms with Gasteiger partial charge >= 0.3 is 17.9 Å². The molecule has 58 heavy (non-hydrogen) atoms. The molecular weight excluding hydrogens is 796 g/mol. The number of hydrogen-bond donors (Lipinski definition) is 10. The first kappa shape index (κ1) is 53.1. The van der Waals surface area contributed by atoms with E-state index in [9.17, 15) is 66.3 Å². The van der Waals surface area contributed by atoms with Gasteiger partial charge in [-0.15, -0.1) is 0 Å². The molecule has 0 aliphatic carbocycles. The van der Waals surface area contributed by atoms with Gasteiger partial charge in [-0.2, -0.15) is 8.42 Å². The van der Waals surface area contributed by atoms with E-state index >= 15 is 0 Å². The molecule has 332 valence electrons. The summed E-state index contributed by atoms with van der Waals surface area (Å²) in [7, 11) is -4.85. The summed E-state index contributed by atoms with van der Waals surface area (Å²) in [4.78, 5) is 108. The monoisotopic (exact) mass is 854 g/mol. The van der Waals surface area contributed by atoms with Gasteiger partial charge in [0.25, 0.3) is 10.1 Å². The molecule has 10 N–H and O–H groups in total. The second kappa shape index (κ2) is 26.1. The number of hydrogen-bond acceptors (Lipinski definition) is 13. The molecule has 0 radical (unpaired) electrons. The molecule has 0 heterocycles. The quantitative estimate of drug-likeness (QED) is 0.0260. The van der Waals surface area contributed by atoms with Crippen molar-refractivity contribution in [3.63, 3.8) is 0 Å². The summed E-state index contributed by atoms with van der Waals surface area (Å²) in [6.45, 7) is 7.81. The molecule has 0 rings (SSSR count). The summed E-state index contributed by atoms with van der Waals surface area (Å²) < 4.78 is 43.0. The lowest BCUT2D eigenvalue weighted by Crippen LogP contribution is -2.54. The molecule has 3 unspecified atom stereocenters. The van der Waals surface area contributed by atoms with Crippen molar-refractivity contribution in [2.45, 2.75) is 97.7 Å². The lowest BCUT2D eigenvalue weighted by atomic mass is 9.72. The van der Waals surface area contributed by atoms with Crippen LogP contribution in [0.5, 0.6) is 0 Å². The van der Waals surface area contributed by atoms with Gasteiger partial charge < -0.3 is 56.7 Å². The van der Waals surface area contributed by atoms with E-state index in [-0.39, 0.29) is 65.0 Å². The lowest BCUT2D eigenvalue weighted by Gasteiger charge is -2.34. The minimum atomic E-state index is -4.85. The van der Waals surface area contributed by atoms with Crippen molar-refractivity contribution in [1.29, 1.82) is 0 Å². The van der Waals surface area contributed by atoms with Crippen molar-refractivity contribution >= 4 is 63.5 Å². The first-order valence-corrected chi connectivity index (χ1v) is 19.8. The Morgan fingerprint density at radius 1 is 0.621 bits per heavy atom. The van der Waals surface area contributed by atoms with Crippen molar-refractivity contribution in [3.8, 4) is 0 Å². The SMILES string of the molecule is CCNC(=O)CNC(=O)CCC(NC(=O)COCCOCCNC(=O)CCC(NC(=O)C(CS(=O)(=O)O)NC(=O)CC(C)(C)CC(C)(C)CC(=O)O)C(=O)O)C(=O)O. The predicted molar refractivity (Wildman–Crippen MR) is 201 cm³/mol. The van der Waals surface area contributed by atoms with E-state index in [4.69, 9.17) is 14.6 Å². The van der Waals surface area contributed by atoms with E-state index in [2.05, 4.69) is 31.9 Å². The number of carbonyl (C=O) groups excluding carboxylic acids is 6. The highest BCUT2D eigenvalue weighted by molar-refractivity contribution is 7.85. The van der Waals surface area contributed by atoms with Crippen LogP contribution < -0.4 is 31.9 Å². The minimum absolute atomic E-state index is 0.0332. The third kappa shape index (κ3) is 26.8. The molecule has 0 aromatic carbocycles. The standard InChI is InChI=1S/C34H58N6O17S/c1-6-35-27(44)17-37-25(42)10-7-21(31(49)50)38-28(45)18-57-14-13-56-12-11-36-24(41)9-8-22(32(51)52)40-30(48)23(19-58(53,54)55)39-26(43)15-33(2,3)20-34(4,5)16-29(46)47/h21-23H,6-20H2,1-5H3,(H,35,44)(H,36,41)(H,37,42)(H,38,45)(H,39,43)(H,40,48)(H,46,47)(H,49,50)(H,51,52)(H,53,54,55). The second-order valence-corrected chi connectivity index (χ2v) is 16.3. The number of carbonyl (C=O) groups is 9. The fourth-order valence-electron chi connectivity index (χ4n) is 5.74. The van der Waals surface area contributed by atoms with Crippen LogP contribution in [0.4, 0.5) is 0 Å². The number of amides is 6. The smallest absolute Gasteiger partial charge is 0.326 e. The predicted octanol–water partition coefficient (Wildman–Crippen LogP) is -2.23. The van der Waals surface area contributed by atoms with Crippen LogP contribution >= 0.6 is 0 Å². The van der Waals surface area contributed by atoms with Crippen molar-refractivity contribution in [2.24, 2.45) is 10.8 Å². The largest absolute Gasteiger partial charge is 0.481 e. The lowest BCUT2D eigenvalue weighted by molar-refractivity contribution is -0.143. The Hall–Kier alpha value is -4.94. The van der Waals surface area contributed by atoms with Crippen molar-refractivity contribution < 1.29 is 80.9 Å². The van der Waals surface area contributed by atoms with Gasteiger partial charge in [0.05, 0.1) is 32.8 Å². The van der Waals surface area contributed by atoms with Crippen LogP contribution in [0, 0.1) is 10.8 Å². The average Bonchev–Trinajstić information content (AvgIpc) is 3.05. The molecule has 0 saturated carbocycles. The van der Waals surface area contributed by atoms with Gasteiger partial charge in [0, 0.05) is 32.4 Å². The Balaban J connectivity index is 4.73. The Kier molecular flexibility index (Phi) is 23.9. The highest BCUT2D eigenvalue weighted by Gasteiger charge is 2.35. The summed E-state index contributed by atoms with van der Waals surface area (Å²) >= 11 is 0. The Bertz CT molecular complexity index is 1550. The van der Waals surface area contributed by atoms with Gasteiger partial charge in [0.2, 0.25) is 35.4 Å². The number of nitrogens with one attached hydrogen (secondary N) is 6. The van der Waals surface area contributed by atoms with Crippen molar-refractivity contribution in [1.82, 2.24) is 31.9 Å². The molecule has 6 amide bonds.